The van der Waals surface area contributed by atoms with Crippen molar-refractivity contribution in [2.45, 2.75) is 0 Å². The van der Waals surface area contributed by atoms with Gasteiger partial charge in [-0.05, 0) is 35.2 Å². The van der Waals surface area contributed by atoms with Crippen LogP contribution in [0.3, 0.4) is 0 Å². The van der Waals surface area contributed by atoms with Crippen LogP contribution >= 0.6 is 0 Å². The smallest absolute Gasteiger partial charge is 0.165 e. The second-order valence-electron chi connectivity index (χ2n) is 5.98. The Hall–Kier alpha value is -2.86. The summed E-state index contributed by atoms with van der Waals surface area (Å²) in [4.78, 5) is 10.1. The molecule has 0 amide bonds. The van der Waals surface area contributed by atoms with Crippen LogP contribution in [0.4, 0.5) is 5.82 Å². The van der Waals surface area contributed by atoms with Gasteiger partial charge >= 0.3 is 0 Å². The molecular formula is C18H17N5O. The molecule has 6 nitrogen and oxygen atoms in total. The average molecular weight is 319 g/mol. The molecule has 1 saturated heterocycles. The number of rotatable bonds is 2. The number of aromatic nitrogens is 4. The lowest BCUT2D eigenvalue weighted by atomic mass is 10.1. The van der Waals surface area contributed by atoms with Crippen LogP contribution in [0, 0.1) is 0 Å². The van der Waals surface area contributed by atoms with Crippen LogP contribution in [-0.4, -0.2) is 45.9 Å². The van der Waals surface area contributed by atoms with Crippen LogP contribution < -0.4 is 4.90 Å². The number of hydrogen-bond acceptors (Lipinski definition) is 4. The van der Waals surface area contributed by atoms with Crippen molar-refractivity contribution in [2.24, 2.45) is 0 Å². The lowest BCUT2D eigenvalue weighted by Crippen LogP contribution is -2.37. The normalized spacial score (nSPS) is 15.4. The van der Waals surface area contributed by atoms with Crippen molar-refractivity contribution in [1.29, 1.82) is 0 Å². The highest BCUT2D eigenvalue weighted by Gasteiger charge is 2.17. The molecule has 120 valence electrons. The van der Waals surface area contributed by atoms with Crippen LogP contribution in [-0.2, 0) is 4.74 Å². The molecular weight excluding hydrogens is 302 g/mol. The van der Waals surface area contributed by atoms with Gasteiger partial charge in [0.05, 0.1) is 19.4 Å². The molecule has 4 aromatic rings. The Balaban J connectivity index is 1.64. The lowest BCUT2D eigenvalue weighted by Gasteiger charge is -2.28. The van der Waals surface area contributed by atoms with Crippen LogP contribution in [0.25, 0.3) is 27.7 Å². The molecule has 1 fully saturated rings. The van der Waals surface area contributed by atoms with E-state index >= 15 is 0 Å². The minimum atomic E-state index is 0.752. The van der Waals surface area contributed by atoms with E-state index in [1.165, 1.54) is 5.39 Å². The summed E-state index contributed by atoms with van der Waals surface area (Å²) in [7, 11) is 0. The Bertz CT molecular complexity index is 1010. The number of benzene rings is 1. The molecule has 6 heteroatoms. The van der Waals surface area contributed by atoms with E-state index in [4.69, 9.17) is 4.74 Å². The summed E-state index contributed by atoms with van der Waals surface area (Å²) >= 11 is 0. The number of morpholine rings is 1. The minimum absolute atomic E-state index is 0.752. The van der Waals surface area contributed by atoms with Crippen LogP contribution in [0.15, 0.2) is 48.9 Å². The first-order chi connectivity index (χ1) is 11.9. The Kier molecular flexibility index (Phi) is 3.02. The highest BCUT2D eigenvalue weighted by Crippen LogP contribution is 2.28. The van der Waals surface area contributed by atoms with E-state index in [9.17, 15) is 0 Å². The van der Waals surface area contributed by atoms with Gasteiger partial charge < -0.3 is 14.6 Å². The van der Waals surface area contributed by atoms with Gasteiger partial charge in [-0.2, -0.15) is 9.61 Å². The summed E-state index contributed by atoms with van der Waals surface area (Å²) < 4.78 is 7.38. The van der Waals surface area contributed by atoms with E-state index in [1.807, 2.05) is 29.2 Å². The predicted octanol–water partition coefficient (Wildman–Crippen LogP) is 2.71. The van der Waals surface area contributed by atoms with Gasteiger partial charge in [0.25, 0.3) is 0 Å². The number of H-pyrrole nitrogens is 1. The maximum atomic E-state index is 5.45. The number of ether oxygens (including phenoxy) is 1. The third-order valence-electron chi connectivity index (χ3n) is 4.58. The molecule has 1 aliphatic rings. The molecule has 0 unspecified atom stereocenters. The molecule has 0 radical (unpaired) electrons. The summed E-state index contributed by atoms with van der Waals surface area (Å²) in [5.74, 6) is 1.07. The van der Waals surface area contributed by atoms with Gasteiger partial charge in [-0.3, -0.25) is 0 Å². The van der Waals surface area contributed by atoms with Crippen molar-refractivity contribution in [2.75, 3.05) is 31.2 Å². The second-order valence-corrected chi connectivity index (χ2v) is 5.98. The lowest BCUT2D eigenvalue weighted by molar-refractivity contribution is 0.122. The molecule has 1 N–H and O–H groups in total. The van der Waals surface area contributed by atoms with Crippen molar-refractivity contribution in [3.63, 3.8) is 0 Å². The van der Waals surface area contributed by atoms with E-state index in [1.54, 1.807) is 0 Å². The minimum Gasteiger partial charge on any atom is -0.378 e. The average Bonchev–Trinajstić information content (AvgIpc) is 3.28. The molecule has 3 aromatic heterocycles. The molecule has 5 rings (SSSR count). The van der Waals surface area contributed by atoms with Gasteiger partial charge in [0.15, 0.2) is 5.65 Å². The summed E-state index contributed by atoms with van der Waals surface area (Å²) in [6.45, 7) is 3.26. The van der Waals surface area contributed by atoms with Gasteiger partial charge in [0.1, 0.15) is 5.82 Å². The second kappa shape index (κ2) is 5.35. The molecule has 0 atom stereocenters. The zero-order valence-corrected chi connectivity index (χ0v) is 13.1. The van der Waals surface area contributed by atoms with Crippen molar-refractivity contribution >= 4 is 22.4 Å². The van der Waals surface area contributed by atoms with E-state index in [2.05, 4.69) is 44.2 Å². The van der Waals surface area contributed by atoms with E-state index in [0.29, 0.717) is 0 Å². The SMILES string of the molecule is c1cc(N2CCOCC2)n2ncc(-c3ccc4[nH]ccc4c3)c2n1. The van der Waals surface area contributed by atoms with Crippen molar-refractivity contribution in [3.05, 3.63) is 48.9 Å². The fourth-order valence-electron chi connectivity index (χ4n) is 3.34. The van der Waals surface area contributed by atoms with Gasteiger partial charge in [0, 0.05) is 36.6 Å². The number of anilines is 1. The third kappa shape index (κ3) is 2.07. The maximum Gasteiger partial charge on any atom is 0.165 e. The first kappa shape index (κ1) is 13.6. The van der Waals surface area contributed by atoms with Crippen molar-refractivity contribution < 1.29 is 4.74 Å². The van der Waals surface area contributed by atoms with Gasteiger partial charge in [0.2, 0.25) is 0 Å². The summed E-state index contributed by atoms with van der Waals surface area (Å²) in [5.41, 5.74) is 4.20. The molecule has 4 heterocycles. The van der Waals surface area contributed by atoms with E-state index in [-0.39, 0.29) is 0 Å². The summed E-state index contributed by atoms with van der Waals surface area (Å²) in [6.07, 6.45) is 5.72. The fraction of sp³-hybridized carbons (Fsp3) is 0.222. The molecule has 0 spiro atoms. The van der Waals surface area contributed by atoms with Gasteiger partial charge in [-0.1, -0.05) is 6.07 Å². The Labute approximate surface area is 138 Å². The molecule has 0 saturated carbocycles. The number of fused-ring (bicyclic) bond motifs is 2. The number of nitrogens with zero attached hydrogens (tertiary/aromatic N) is 4. The van der Waals surface area contributed by atoms with Crippen LogP contribution in [0.2, 0.25) is 0 Å². The number of nitrogens with one attached hydrogen (secondary N) is 1. The van der Waals surface area contributed by atoms with E-state index in [0.717, 1.165) is 54.4 Å². The Morgan fingerprint density at radius 3 is 2.92 bits per heavy atom. The molecule has 1 aromatic carbocycles. The highest BCUT2D eigenvalue weighted by molar-refractivity contribution is 5.88. The zero-order valence-electron chi connectivity index (χ0n) is 13.1. The van der Waals surface area contributed by atoms with Gasteiger partial charge in [-0.25, -0.2) is 4.98 Å². The topological polar surface area (TPSA) is 58.5 Å². The predicted molar refractivity (Wildman–Crippen MR) is 93.3 cm³/mol. The van der Waals surface area contributed by atoms with Crippen molar-refractivity contribution in [3.8, 4) is 11.1 Å². The van der Waals surface area contributed by atoms with Crippen molar-refractivity contribution in [1.82, 2.24) is 19.6 Å². The van der Waals surface area contributed by atoms with Crippen LogP contribution in [0.1, 0.15) is 0 Å². The maximum absolute atomic E-state index is 5.45. The number of hydrogen-bond donors (Lipinski definition) is 1. The Morgan fingerprint density at radius 1 is 1.08 bits per heavy atom. The van der Waals surface area contributed by atoms with Crippen LogP contribution in [0.5, 0.6) is 0 Å². The first-order valence-corrected chi connectivity index (χ1v) is 8.13. The third-order valence-corrected chi connectivity index (χ3v) is 4.58. The molecule has 0 aliphatic carbocycles. The zero-order chi connectivity index (χ0) is 15.9. The summed E-state index contributed by atoms with van der Waals surface area (Å²) in [5, 5.41) is 5.79. The largest absolute Gasteiger partial charge is 0.378 e. The Morgan fingerprint density at radius 2 is 2.00 bits per heavy atom. The van der Waals surface area contributed by atoms with Gasteiger partial charge in [-0.15, -0.1) is 0 Å². The molecule has 1 aliphatic heterocycles. The molecule has 0 bridgehead atoms. The summed E-state index contributed by atoms with van der Waals surface area (Å²) in [6, 6.07) is 10.5. The molecule has 24 heavy (non-hydrogen) atoms. The monoisotopic (exact) mass is 319 g/mol. The highest BCUT2D eigenvalue weighted by atomic mass is 16.5. The number of aromatic amines is 1. The quantitative estimate of drug-likeness (QED) is 0.617. The fourth-order valence-corrected chi connectivity index (χ4v) is 3.34. The van der Waals surface area contributed by atoms with E-state index < -0.39 is 0 Å². The standard InChI is InChI=1S/C18H17N5O/c1-2-16-14(3-5-19-16)11-13(1)15-12-21-23-17(4-6-20-18(15)23)22-7-9-24-10-8-22/h1-6,11-12,19H,7-10H2. The first-order valence-electron chi connectivity index (χ1n) is 8.13.